The number of aromatic nitrogens is 3. The lowest BCUT2D eigenvalue weighted by molar-refractivity contribution is 0.182. The molecular formula is C31H33N5. The molecule has 36 heavy (non-hydrogen) atoms. The van der Waals surface area contributed by atoms with Crippen LogP contribution in [0.15, 0.2) is 73.1 Å². The van der Waals surface area contributed by atoms with Crippen molar-refractivity contribution in [2.45, 2.75) is 33.2 Å². The molecule has 0 radical (unpaired) electrons. The lowest BCUT2D eigenvalue weighted by atomic mass is 9.96. The molecule has 5 aromatic rings. The van der Waals surface area contributed by atoms with Gasteiger partial charge in [-0.05, 0) is 68.6 Å². The lowest BCUT2D eigenvalue weighted by Crippen LogP contribution is -2.34. The van der Waals surface area contributed by atoms with E-state index in [0.29, 0.717) is 5.92 Å². The SMILES string of the molecule is CCN1CCC(Cn2cc(-c3ccc4ccc(-c5ccccc5)nc4c3C)c3c(N)ccnc32)CC1. The molecule has 0 atom stereocenters. The van der Waals surface area contributed by atoms with Gasteiger partial charge in [0, 0.05) is 46.5 Å². The van der Waals surface area contributed by atoms with Crippen LogP contribution in [-0.4, -0.2) is 39.1 Å². The third kappa shape index (κ3) is 4.03. The summed E-state index contributed by atoms with van der Waals surface area (Å²) in [7, 11) is 0. The van der Waals surface area contributed by atoms with E-state index in [1.165, 1.54) is 37.1 Å². The van der Waals surface area contributed by atoms with Gasteiger partial charge < -0.3 is 15.2 Å². The molecule has 2 aromatic carbocycles. The number of rotatable bonds is 5. The van der Waals surface area contributed by atoms with Gasteiger partial charge in [-0.1, -0.05) is 55.5 Å². The minimum absolute atomic E-state index is 0.660. The maximum absolute atomic E-state index is 6.56. The Morgan fingerprint density at radius 1 is 0.944 bits per heavy atom. The molecule has 6 rings (SSSR count). The van der Waals surface area contributed by atoms with Crippen molar-refractivity contribution in [3.05, 3.63) is 78.6 Å². The smallest absolute Gasteiger partial charge is 0.142 e. The Hall–Kier alpha value is -3.70. The molecule has 1 aliphatic heterocycles. The van der Waals surface area contributed by atoms with Crippen LogP contribution in [0.5, 0.6) is 0 Å². The van der Waals surface area contributed by atoms with Crippen LogP contribution in [-0.2, 0) is 6.54 Å². The van der Waals surface area contributed by atoms with Crippen molar-refractivity contribution >= 4 is 27.6 Å². The van der Waals surface area contributed by atoms with Crippen LogP contribution in [0.3, 0.4) is 0 Å². The van der Waals surface area contributed by atoms with Crippen LogP contribution < -0.4 is 5.73 Å². The standard InChI is InChI=1S/C31H33N5/c1-3-35-17-14-22(15-18-35)19-36-20-26(29-27(32)13-16-33-31(29)36)25-11-9-24-10-12-28(34-30(24)21(25)2)23-7-5-4-6-8-23/h4-13,16,20,22H,3,14-15,17-19H2,1-2H3,(H2,32,33). The van der Waals surface area contributed by atoms with E-state index in [4.69, 9.17) is 15.7 Å². The van der Waals surface area contributed by atoms with Gasteiger partial charge in [0.15, 0.2) is 0 Å². The van der Waals surface area contributed by atoms with Gasteiger partial charge in [-0.3, -0.25) is 0 Å². The van der Waals surface area contributed by atoms with Crippen molar-refractivity contribution in [3.8, 4) is 22.4 Å². The topological polar surface area (TPSA) is 60.0 Å². The van der Waals surface area contributed by atoms with Crippen molar-refractivity contribution in [2.24, 2.45) is 5.92 Å². The number of fused-ring (bicyclic) bond motifs is 2. The largest absolute Gasteiger partial charge is 0.398 e. The molecule has 1 aliphatic rings. The molecule has 182 valence electrons. The summed E-state index contributed by atoms with van der Waals surface area (Å²) in [5.41, 5.74) is 15.0. The fourth-order valence-corrected chi connectivity index (χ4v) is 5.74. The van der Waals surface area contributed by atoms with Crippen molar-refractivity contribution in [2.75, 3.05) is 25.4 Å². The minimum atomic E-state index is 0.660. The summed E-state index contributed by atoms with van der Waals surface area (Å²) >= 11 is 0. The van der Waals surface area contributed by atoms with Crippen LogP contribution in [0.2, 0.25) is 0 Å². The molecule has 1 saturated heterocycles. The normalized spacial score (nSPS) is 15.2. The van der Waals surface area contributed by atoms with Gasteiger partial charge in [-0.25, -0.2) is 9.97 Å². The zero-order valence-electron chi connectivity index (χ0n) is 21.1. The molecule has 0 unspecified atom stereocenters. The number of piperidine rings is 1. The Kier molecular flexibility index (Phi) is 5.94. The second-order valence-electron chi connectivity index (χ2n) is 10.0. The third-order valence-corrected chi connectivity index (χ3v) is 7.87. The number of likely N-dealkylation sites (tertiary alicyclic amines) is 1. The molecule has 4 heterocycles. The van der Waals surface area contributed by atoms with E-state index in [-0.39, 0.29) is 0 Å². The van der Waals surface area contributed by atoms with Crippen LogP contribution in [0, 0.1) is 12.8 Å². The van der Waals surface area contributed by atoms with E-state index < -0.39 is 0 Å². The highest BCUT2D eigenvalue weighted by Gasteiger charge is 2.22. The van der Waals surface area contributed by atoms with Crippen LogP contribution in [0.25, 0.3) is 44.3 Å². The molecule has 0 spiro atoms. The Bertz CT molecular complexity index is 1530. The minimum Gasteiger partial charge on any atom is -0.398 e. The zero-order chi connectivity index (χ0) is 24.6. The first-order valence-electron chi connectivity index (χ1n) is 13.0. The number of hydrogen-bond donors (Lipinski definition) is 1. The molecule has 1 fully saturated rings. The van der Waals surface area contributed by atoms with Gasteiger partial charge >= 0.3 is 0 Å². The molecule has 3 aromatic heterocycles. The van der Waals surface area contributed by atoms with Crippen molar-refractivity contribution in [1.29, 1.82) is 0 Å². The second-order valence-corrected chi connectivity index (χ2v) is 10.0. The molecular weight excluding hydrogens is 442 g/mol. The zero-order valence-corrected chi connectivity index (χ0v) is 21.1. The lowest BCUT2D eigenvalue weighted by Gasteiger charge is -2.31. The first-order valence-corrected chi connectivity index (χ1v) is 13.0. The highest BCUT2D eigenvalue weighted by Crippen LogP contribution is 2.38. The molecule has 5 nitrogen and oxygen atoms in total. The number of nitrogens with zero attached hydrogens (tertiary/aromatic N) is 4. The van der Waals surface area contributed by atoms with Gasteiger partial charge in [0.05, 0.1) is 11.2 Å². The fraction of sp³-hybridized carbons (Fsp3) is 0.290. The molecule has 0 bridgehead atoms. The second kappa shape index (κ2) is 9.40. The summed E-state index contributed by atoms with van der Waals surface area (Å²) in [6, 6.07) is 21.0. The van der Waals surface area contributed by atoms with Crippen molar-refractivity contribution in [3.63, 3.8) is 0 Å². The molecule has 0 amide bonds. The van der Waals surface area contributed by atoms with Gasteiger partial charge in [-0.2, -0.15) is 0 Å². The summed E-state index contributed by atoms with van der Waals surface area (Å²) in [5, 5.41) is 2.19. The Balaban J connectivity index is 1.44. The summed E-state index contributed by atoms with van der Waals surface area (Å²) in [5.74, 6) is 0.660. The fourth-order valence-electron chi connectivity index (χ4n) is 5.74. The first kappa shape index (κ1) is 22.7. The Morgan fingerprint density at radius 2 is 1.72 bits per heavy atom. The van der Waals surface area contributed by atoms with E-state index in [9.17, 15) is 0 Å². The molecule has 0 aliphatic carbocycles. The number of pyridine rings is 2. The van der Waals surface area contributed by atoms with E-state index >= 15 is 0 Å². The third-order valence-electron chi connectivity index (χ3n) is 7.87. The summed E-state index contributed by atoms with van der Waals surface area (Å²) in [4.78, 5) is 12.4. The van der Waals surface area contributed by atoms with Gasteiger partial charge in [-0.15, -0.1) is 0 Å². The average molecular weight is 476 g/mol. The predicted molar refractivity (Wildman–Crippen MR) is 150 cm³/mol. The van der Waals surface area contributed by atoms with Crippen LogP contribution in [0.1, 0.15) is 25.3 Å². The summed E-state index contributed by atoms with van der Waals surface area (Å²) in [6.45, 7) is 8.91. The average Bonchev–Trinajstić information content (AvgIpc) is 3.29. The van der Waals surface area contributed by atoms with E-state index in [1.54, 1.807) is 0 Å². The van der Waals surface area contributed by atoms with E-state index in [0.717, 1.165) is 57.5 Å². The predicted octanol–water partition coefficient (Wildman–Crippen LogP) is 6.54. The summed E-state index contributed by atoms with van der Waals surface area (Å²) in [6.07, 6.45) is 6.56. The van der Waals surface area contributed by atoms with Gasteiger partial charge in [0.1, 0.15) is 5.65 Å². The summed E-state index contributed by atoms with van der Waals surface area (Å²) < 4.78 is 2.34. The monoisotopic (exact) mass is 475 g/mol. The number of anilines is 1. The van der Waals surface area contributed by atoms with Crippen molar-refractivity contribution in [1.82, 2.24) is 19.4 Å². The Morgan fingerprint density at radius 3 is 2.50 bits per heavy atom. The quantitative estimate of drug-likeness (QED) is 0.313. The maximum Gasteiger partial charge on any atom is 0.142 e. The Labute approximate surface area is 212 Å². The van der Waals surface area contributed by atoms with Gasteiger partial charge in [0.25, 0.3) is 0 Å². The number of aryl methyl sites for hydroxylation is 1. The first-order chi connectivity index (χ1) is 17.6. The highest BCUT2D eigenvalue weighted by atomic mass is 15.1. The number of benzene rings is 2. The van der Waals surface area contributed by atoms with E-state index in [2.05, 4.69) is 78.0 Å². The highest BCUT2D eigenvalue weighted by molar-refractivity contribution is 6.04. The van der Waals surface area contributed by atoms with Crippen molar-refractivity contribution < 1.29 is 0 Å². The number of nitrogens with two attached hydrogens (primary N) is 1. The molecule has 5 heteroatoms. The van der Waals surface area contributed by atoms with Crippen LogP contribution >= 0.6 is 0 Å². The molecule has 0 saturated carbocycles. The van der Waals surface area contributed by atoms with Crippen LogP contribution in [0.4, 0.5) is 5.69 Å². The molecule has 2 N–H and O–H groups in total. The van der Waals surface area contributed by atoms with E-state index in [1.807, 2.05) is 18.3 Å². The number of nitrogen functional groups attached to an aromatic ring is 1. The maximum atomic E-state index is 6.56. The number of hydrogen-bond acceptors (Lipinski definition) is 4. The van der Waals surface area contributed by atoms with Gasteiger partial charge in [0.2, 0.25) is 0 Å².